The Morgan fingerprint density at radius 1 is 0.451 bits per heavy atom. The third-order valence-electron chi connectivity index (χ3n) is 12.9. The molecule has 29 heteroatoms. The molecule has 5 fully saturated rings. The molecule has 5 aliphatic rings. The van der Waals surface area contributed by atoms with E-state index >= 15 is 0 Å². The summed E-state index contributed by atoms with van der Waals surface area (Å²) in [6.07, 6.45) is -33.7. The van der Waals surface area contributed by atoms with E-state index in [4.69, 9.17) is 91.0 Å². The molecule has 71 heavy (non-hydrogen) atoms. The minimum Gasteiger partial charge on any atom is -0.479 e. The lowest BCUT2D eigenvalue weighted by Crippen LogP contribution is -2.69. The van der Waals surface area contributed by atoms with Gasteiger partial charge in [0.15, 0.2) is 43.7 Å². The van der Waals surface area contributed by atoms with Crippen LogP contribution in [0.25, 0.3) is 0 Å². The highest BCUT2D eigenvalue weighted by atomic mass is 16.8. The molecule has 5 aliphatic heterocycles. The number of methoxy groups -OCH3 is 7. The summed E-state index contributed by atoms with van der Waals surface area (Å²) in [6.45, 7) is 2.21. The minimum absolute atomic E-state index is 0.301. The molecule has 0 aliphatic carbocycles. The van der Waals surface area contributed by atoms with Gasteiger partial charge in [-0.2, -0.15) is 0 Å². The Kier molecular flexibility index (Phi) is 22.0. The molecule has 0 saturated carbocycles. The van der Waals surface area contributed by atoms with E-state index in [0.29, 0.717) is 0 Å². The first-order valence-electron chi connectivity index (χ1n) is 22.5. The summed E-state index contributed by atoms with van der Waals surface area (Å²) < 4.78 is 104. The number of carboxylic acid groups (broad SMARTS) is 2. The van der Waals surface area contributed by atoms with Crippen LogP contribution in [0.4, 0.5) is 0 Å². The molecule has 0 radical (unpaired) electrons. The molecule has 0 aromatic heterocycles. The van der Waals surface area contributed by atoms with Gasteiger partial charge >= 0.3 is 23.9 Å². The number of aliphatic hydroxyl groups is 4. The Morgan fingerprint density at radius 3 is 1.28 bits per heavy atom. The summed E-state index contributed by atoms with van der Waals surface area (Å²) in [5.41, 5.74) is 6.53. The van der Waals surface area contributed by atoms with Gasteiger partial charge in [-0.25, -0.2) is 9.59 Å². The number of esters is 2. The molecule has 410 valence electrons. The van der Waals surface area contributed by atoms with Crippen molar-refractivity contribution in [1.29, 1.82) is 0 Å². The van der Waals surface area contributed by atoms with Crippen molar-refractivity contribution in [2.24, 2.45) is 11.7 Å². The van der Waals surface area contributed by atoms with Crippen molar-refractivity contribution >= 4 is 23.9 Å². The molecule has 0 aromatic rings. The van der Waals surface area contributed by atoms with Crippen molar-refractivity contribution in [2.75, 3.05) is 69.6 Å². The fourth-order valence-electron chi connectivity index (χ4n) is 9.33. The average molecular weight is 1040 g/mol. The monoisotopic (exact) mass is 1040 g/mol. The highest BCUT2D eigenvalue weighted by Crippen LogP contribution is 2.39. The van der Waals surface area contributed by atoms with Gasteiger partial charge < -0.3 is 122 Å². The van der Waals surface area contributed by atoms with Crippen LogP contribution in [-0.4, -0.2) is 271 Å². The van der Waals surface area contributed by atoms with Gasteiger partial charge in [0.2, 0.25) is 0 Å². The number of carboxylic acids is 2. The first-order valence-corrected chi connectivity index (χ1v) is 22.5. The number of aliphatic hydroxyl groups excluding tert-OH is 4. The number of rotatable bonds is 22. The summed E-state index contributed by atoms with van der Waals surface area (Å²) in [7, 11) is 8.84. The van der Waals surface area contributed by atoms with Crippen LogP contribution in [0.1, 0.15) is 20.8 Å². The third-order valence-corrected chi connectivity index (χ3v) is 12.9. The highest BCUT2D eigenvalue weighted by molar-refractivity contribution is 5.74. The second-order valence-electron chi connectivity index (χ2n) is 17.2. The minimum atomic E-state index is -1.98. The SMILES string of the molecule is COC1C(OC)[C@H](O[C@H]2O[C@H](COC(C)=O)[C@@H](O[C@@H]3OC(C(=O)O)[C@H](O[C@@H]4OC(COC(C)=O)[C@H](OC)[C@H](OC)C4N)[C@H](OC)C3OC)C(C)C2O)[C@H](C(=O)O)O[C@@H]1O[C@H]1C(CO)O[C@@H](OC)C(O)[C@H]1O. The second kappa shape index (κ2) is 26.5. The van der Waals surface area contributed by atoms with Gasteiger partial charge in [-0.05, 0) is 0 Å². The van der Waals surface area contributed by atoms with E-state index in [1.54, 1.807) is 0 Å². The second-order valence-corrected chi connectivity index (χ2v) is 17.2. The summed E-state index contributed by atoms with van der Waals surface area (Å²) in [5, 5.41) is 64.5. The molecule has 25 atom stereocenters. The molecule has 5 heterocycles. The van der Waals surface area contributed by atoms with Gasteiger partial charge in [0.25, 0.3) is 0 Å². The summed E-state index contributed by atoms with van der Waals surface area (Å²) in [4.78, 5) is 49.8. The highest BCUT2D eigenvalue weighted by Gasteiger charge is 2.59. The molecular formula is C42H69NO28. The lowest BCUT2D eigenvalue weighted by atomic mass is 9.89. The molecule has 5 saturated heterocycles. The lowest BCUT2D eigenvalue weighted by Gasteiger charge is -2.51. The maximum absolute atomic E-state index is 13.0. The van der Waals surface area contributed by atoms with Gasteiger partial charge in [0.1, 0.15) is 105 Å². The fraction of sp³-hybridized carbons (Fsp3) is 0.905. The van der Waals surface area contributed by atoms with Gasteiger partial charge in [0, 0.05) is 69.5 Å². The van der Waals surface area contributed by atoms with E-state index < -0.39 is 190 Å². The Hall–Kier alpha value is -2.96. The van der Waals surface area contributed by atoms with E-state index in [1.807, 2.05) is 0 Å². The molecule has 0 aromatic carbocycles. The smallest absolute Gasteiger partial charge is 0.335 e. The molecule has 10 unspecified atom stereocenters. The Balaban J connectivity index is 1.39. The zero-order valence-corrected chi connectivity index (χ0v) is 40.8. The van der Waals surface area contributed by atoms with Crippen LogP contribution in [0.3, 0.4) is 0 Å². The predicted molar refractivity (Wildman–Crippen MR) is 225 cm³/mol. The van der Waals surface area contributed by atoms with Gasteiger partial charge in [-0.1, -0.05) is 6.92 Å². The van der Waals surface area contributed by atoms with Crippen LogP contribution in [0.15, 0.2) is 0 Å². The first kappa shape index (κ1) is 58.9. The number of ether oxygens (including phenoxy) is 18. The van der Waals surface area contributed by atoms with Gasteiger partial charge in [-0.3, -0.25) is 9.59 Å². The van der Waals surface area contributed by atoms with Crippen molar-refractivity contribution < 1.29 is 135 Å². The van der Waals surface area contributed by atoms with Crippen LogP contribution in [0.5, 0.6) is 0 Å². The largest absolute Gasteiger partial charge is 0.479 e. The van der Waals surface area contributed by atoms with Crippen LogP contribution in [0, 0.1) is 5.92 Å². The number of hydrogen-bond acceptors (Lipinski definition) is 27. The quantitative estimate of drug-likeness (QED) is 0.0501. The number of carbonyl (C=O) groups excluding carboxylic acids is 2. The molecule has 8 N–H and O–H groups in total. The van der Waals surface area contributed by atoms with E-state index in [1.165, 1.54) is 63.6 Å². The van der Waals surface area contributed by atoms with E-state index in [-0.39, 0.29) is 6.61 Å². The topological polar surface area (TPSA) is 382 Å². The Bertz CT molecular complexity index is 1720. The molecule has 0 bridgehead atoms. The van der Waals surface area contributed by atoms with Crippen LogP contribution < -0.4 is 5.73 Å². The maximum Gasteiger partial charge on any atom is 0.335 e. The van der Waals surface area contributed by atoms with Crippen molar-refractivity contribution in [2.45, 2.75) is 168 Å². The molecular weight excluding hydrogens is 966 g/mol. The summed E-state index contributed by atoms with van der Waals surface area (Å²) in [5.74, 6) is -5.64. The lowest BCUT2D eigenvalue weighted by molar-refractivity contribution is -0.386. The number of nitrogens with two attached hydrogens (primary N) is 1. The van der Waals surface area contributed by atoms with E-state index in [9.17, 15) is 49.8 Å². The van der Waals surface area contributed by atoms with Crippen molar-refractivity contribution in [3.63, 3.8) is 0 Å². The van der Waals surface area contributed by atoms with Gasteiger partial charge in [-0.15, -0.1) is 0 Å². The van der Waals surface area contributed by atoms with Crippen molar-refractivity contribution in [1.82, 2.24) is 0 Å². The first-order chi connectivity index (χ1) is 33.7. The van der Waals surface area contributed by atoms with Crippen molar-refractivity contribution in [3.05, 3.63) is 0 Å². The fourth-order valence-corrected chi connectivity index (χ4v) is 9.33. The number of carbonyl (C=O) groups is 4. The molecule has 29 nitrogen and oxygen atoms in total. The molecule has 0 spiro atoms. The number of aliphatic carboxylic acids is 2. The molecule has 5 rings (SSSR count). The molecule has 0 amide bonds. The summed E-state index contributed by atoms with van der Waals surface area (Å²) in [6, 6.07) is -1.11. The maximum atomic E-state index is 13.0. The standard InChI is InChI=1S/C42H69NO28/c1-14-21(47)40(69-31-29(57-7)35(59-9)42(71-33(31)37(52)53)67-25-17(11-44)63-39(60-10)23(49)22(25)48)65-18(12-61-15(2)45)24(14)66-41-34(58-8)28(56-6)30(32(70-41)36(50)51)68-38-20(43)27(55-5)26(54-4)19(64-38)13-62-16(3)46/h14,17-35,38-42,44,47-49H,11-13,43H2,1-10H3,(H,50,51)(H,52,53)/t14?,17?,18-,19?,20?,21?,22-,23?,24+,25+,26+,27-,28+,29?,30-,31+,32?,33-,34?,35?,38+,39-,40-,41-,42+/m1/s1. The van der Waals surface area contributed by atoms with E-state index in [0.717, 1.165) is 6.92 Å². The van der Waals surface area contributed by atoms with Crippen LogP contribution >= 0.6 is 0 Å². The van der Waals surface area contributed by atoms with Crippen molar-refractivity contribution in [3.8, 4) is 0 Å². The normalized spacial score (nSPS) is 44.1. The zero-order valence-electron chi connectivity index (χ0n) is 40.8. The summed E-state index contributed by atoms with van der Waals surface area (Å²) >= 11 is 0. The Labute approximate surface area is 407 Å². The average Bonchev–Trinajstić information content (AvgIpc) is 3.34. The Morgan fingerprint density at radius 2 is 0.859 bits per heavy atom. The van der Waals surface area contributed by atoms with Crippen LogP contribution in [0.2, 0.25) is 0 Å². The van der Waals surface area contributed by atoms with E-state index in [2.05, 4.69) is 0 Å². The van der Waals surface area contributed by atoms with Gasteiger partial charge in [0.05, 0.1) is 18.8 Å². The number of hydrogen-bond donors (Lipinski definition) is 7. The predicted octanol–water partition coefficient (Wildman–Crippen LogP) is -4.78. The van der Waals surface area contributed by atoms with Crippen LogP contribution in [-0.2, 0) is 104 Å². The zero-order chi connectivity index (χ0) is 52.6. The third kappa shape index (κ3) is 13.1.